The molecule has 24 heavy (non-hydrogen) atoms. The molecule has 2 N–H and O–H groups in total. The third kappa shape index (κ3) is 4.48. The summed E-state index contributed by atoms with van der Waals surface area (Å²) in [4.78, 5) is 14.7. The Balaban J connectivity index is 1.60. The van der Waals surface area contributed by atoms with Crippen molar-refractivity contribution in [2.45, 2.75) is 44.2 Å². The third-order valence-electron chi connectivity index (χ3n) is 5.17. The van der Waals surface area contributed by atoms with E-state index in [1.165, 1.54) is 24.8 Å². The van der Waals surface area contributed by atoms with Crippen LogP contribution in [0.2, 0.25) is 0 Å². The zero-order chi connectivity index (χ0) is 16.8. The minimum Gasteiger partial charge on any atom is -0.497 e. The molecule has 2 atom stereocenters. The predicted molar refractivity (Wildman–Crippen MR) is 95.2 cm³/mol. The van der Waals surface area contributed by atoms with Crippen molar-refractivity contribution in [3.63, 3.8) is 0 Å². The SMILES string of the molecule is COc1ccc(C(CNC(=O)CC2CCCN2)N2CCCC2)cc1. The van der Waals surface area contributed by atoms with Crippen LogP contribution in [0.3, 0.4) is 0 Å². The number of carbonyl (C=O) groups excluding carboxylic acids is 1. The minimum atomic E-state index is 0.159. The van der Waals surface area contributed by atoms with Gasteiger partial charge in [0.15, 0.2) is 0 Å². The van der Waals surface area contributed by atoms with Gasteiger partial charge in [-0.2, -0.15) is 0 Å². The Bertz CT molecular complexity index is 520. The Hall–Kier alpha value is -1.59. The van der Waals surface area contributed by atoms with Crippen LogP contribution >= 0.6 is 0 Å². The number of hydrogen-bond donors (Lipinski definition) is 2. The van der Waals surface area contributed by atoms with Crippen molar-refractivity contribution in [2.75, 3.05) is 33.3 Å². The molecule has 2 aliphatic rings. The van der Waals surface area contributed by atoms with Crippen LogP contribution in [0, 0.1) is 0 Å². The standard InChI is InChI=1S/C19H29N3O2/c1-24-17-8-6-15(7-9-17)18(22-11-2-3-12-22)14-21-19(23)13-16-5-4-10-20-16/h6-9,16,18,20H,2-5,10-14H2,1H3,(H,21,23). The van der Waals surface area contributed by atoms with Gasteiger partial charge >= 0.3 is 0 Å². The Morgan fingerprint density at radius 1 is 1.29 bits per heavy atom. The molecule has 5 heteroatoms. The maximum Gasteiger partial charge on any atom is 0.221 e. The highest BCUT2D eigenvalue weighted by Gasteiger charge is 2.25. The zero-order valence-electron chi connectivity index (χ0n) is 14.6. The summed E-state index contributed by atoms with van der Waals surface area (Å²) in [6, 6.07) is 8.85. The molecule has 1 amide bonds. The van der Waals surface area contributed by atoms with E-state index in [1.54, 1.807) is 7.11 Å². The number of nitrogens with zero attached hydrogens (tertiary/aromatic N) is 1. The maximum atomic E-state index is 12.3. The van der Waals surface area contributed by atoms with Crippen LogP contribution in [0.4, 0.5) is 0 Å². The second-order valence-electron chi connectivity index (χ2n) is 6.83. The highest BCUT2D eigenvalue weighted by Crippen LogP contribution is 2.26. The monoisotopic (exact) mass is 331 g/mol. The fraction of sp³-hybridized carbons (Fsp3) is 0.632. The molecule has 2 aliphatic heterocycles. The molecular weight excluding hydrogens is 302 g/mol. The fourth-order valence-electron chi connectivity index (χ4n) is 3.77. The molecule has 0 spiro atoms. The number of rotatable bonds is 7. The lowest BCUT2D eigenvalue weighted by Crippen LogP contribution is -2.38. The first-order valence-corrected chi connectivity index (χ1v) is 9.14. The van der Waals surface area contributed by atoms with Gasteiger partial charge in [0.05, 0.1) is 13.2 Å². The largest absolute Gasteiger partial charge is 0.497 e. The highest BCUT2D eigenvalue weighted by atomic mass is 16.5. The van der Waals surface area contributed by atoms with E-state index in [-0.39, 0.29) is 11.9 Å². The van der Waals surface area contributed by atoms with E-state index < -0.39 is 0 Å². The van der Waals surface area contributed by atoms with E-state index in [0.717, 1.165) is 31.8 Å². The van der Waals surface area contributed by atoms with Crippen LogP contribution in [0.15, 0.2) is 24.3 Å². The molecule has 0 bridgehead atoms. The number of hydrogen-bond acceptors (Lipinski definition) is 4. The molecule has 5 nitrogen and oxygen atoms in total. The lowest BCUT2D eigenvalue weighted by molar-refractivity contribution is -0.121. The summed E-state index contributed by atoms with van der Waals surface area (Å²) in [5, 5.41) is 6.55. The summed E-state index contributed by atoms with van der Waals surface area (Å²) in [7, 11) is 1.68. The van der Waals surface area contributed by atoms with Gasteiger partial charge in [-0.1, -0.05) is 12.1 Å². The van der Waals surface area contributed by atoms with E-state index in [0.29, 0.717) is 19.0 Å². The van der Waals surface area contributed by atoms with Crippen LogP contribution in [0.25, 0.3) is 0 Å². The smallest absolute Gasteiger partial charge is 0.221 e. The fourth-order valence-corrected chi connectivity index (χ4v) is 3.77. The molecule has 3 rings (SSSR count). The van der Waals surface area contributed by atoms with Gasteiger partial charge in [0.25, 0.3) is 0 Å². The number of methoxy groups -OCH3 is 1. The maximum absolute atomic E-state index is 12.3. The number of likely N-dealkylation sites (tertiary alicyclic amines) is 1. The summed E-state index contributed by atoms with van der Waals surface area (Å²) in [5.41, 5.74) is 1.25. The number of carbonyl (C=O) groups is 1. The van der Waals surface area contributed by atoms with Crippen molar-refractivity contribution in [1.29, 1.82) is 0 Å². The van der Waals surface area contributed by atoms with Crippen molar-refractivity contribution in [1.82, 2.24) is 15.5 Å². The molecule has 2 heterocycles. The summed E-state index contributed by atoms with van der Waals surface area (Å²) < 4.78 is 5.26. The van der Waals surface area contributed by atoms with Gasteiger partial charge in [-0.3, -0.25) is 9.69 Å². The van der Waals surface area contributed by atoms with Crippen LogP contribution in [0.5, 0.6) is 5.75 Å². The van der Waals surface area contributed by atoms with Gasteiger partial charge < -0.3 is 15.4 Å². The Kier molecular flexibility index (Phi) is 6.10. The Morgan fingerprint density at radius 3 is 2.67 bits per heavy atom. The van der Waals surface area contributed by atoms with Crippen LogP contribution in [-0.4, -0.2) is 50.1 Å². The minimum absolute atomic E-state index is 0.159. The van der Waals surface area contributed by atoms with Crippen molar-refractivity contribution in [3.05, 3.63) is 29.8 Å². The molecule has 1 aromatic carbocycles. The lowest BCUT2D eigenvalue weighted by Gasteiger charge is -2.28. The summed E-state index contributed by atoms with van der Waals surface area (Å²) in [5.74, 6) is 1.03. The van der Waals surface area contributed by atoms with Crippen LogP contribution in [0.1, 0.15) is 43.7 Å². The Labute approximate surface area is 144 Å². The summed E-state index contributed by atoms with van der Waals surface area (Å²) >= 11 is 0. The highest BCUT2D eigenvalue weighted by molar-refractivity contribution is 5.76. The second-order valence-corrected chi connectivity index (χ2v) is 6.83. The summed E-state index contributed by atoms with van der Waals surface area (Å²) in [6.07, 6.45) is 5.37. The average Bonchev–Trinajstić information content (AvgIpc) is 3.30. The quantitative estimate of drug-likeness (QED) is 0.803. The lowest BCUT2D eigenvalue weighted by atomic mass is 10.0. The average molecular weight is 331 g/mol. The van der Waals surface area contributed by atoms with Crippen LogP contribution in [-0.2, 0) is 4.79 Å². The predicted octanol–water partition coefficient (Wildman–Crippen LogP) is 2.09. The first kappa shape index (κ1) is 17.2. The summed E-state index contributed by atoms with van der Waals surface area (Å²) in [6.45, 7) is 3.94. The van der Waals surface area contributed by atoms with E-state index >= 15 is 0 Å². The van der Waals surface area contributed by atoms with Crippen molar-refractivity contribution in [3.8, 4) is 5.75 Å². The molecule has 1 aromatic rings. The van der Waals surface area contributed by atoms with E-state index in [1.807, 2.05) is 12.1 Å². The van der Waals surface area contributed by atoms with Crippen LogP contribution < -0.4 is 15.4 Å². The molecular formula is C19H29N3O2. The normalized spacial score (nSPS) is 22.5. The van der Waals surface area contributed by atoms with Crippen molar-refractivity contribution >= 4 is 5.91 Å². The molecule has 132 valence electrons. The van der Waals surface area contributed by atoms with Gasteiger partial charge in [0, 0.05) is 19.0 Å². The topological polar surface area (TPSA) is 53.6 Å². The second kappa shape index (κ2) is 8.49. The van der Waals surface area contributed by atoms with E-state index in [9.17, 15) is 4.79 Å². The van der Waals surface area contributed by atoms with Gasteiger partial charge in [-0.05, 0) is 63.0 Å². The first-order chi connectivity index (χ1) is 11.8. The molecule has 2 unspecified atom stereocenters. The van der Waals surface area contributed by atoms with E-state index in [2.05, 4.69) is 27.7 Å². The number of ether oxygens (including phenoxy) is 1. The number of amides is 1. The van der Waals surface area contributed by atoms with Crippen molar-refractivity contribution in [2.24, 2.45) is 0 Å². The van der Waals surface area contributed by atoms with E-state index in [4.69, 9.17) is 4.74 Å². The first-order valence-electron chi connectivity index (χ1n) is 9.14. The molecule has 0 saturated carbocycles. The van der Waals surface area contributed by atoms with Gasteiger partial charge in [0.1, 0.15) is 5.75 Å². The molecule has 2 fully saturated rings. The third-order valence-corrected chi connectivity index (χ3v) is 5.17. The van der Waals surface area contributed by atoms with Gasteiger partial charge in [-0.25, -0.2) is 0 Å². The molecule has 2 saturated heterocycles. The molecule has 0 aromatic heterocycles. The van der Waals surface area contributed by atoms with Gasteiger partial charge in [-0.15, -0.1) is 0 Å². The molecule has 0 aliphatic carbocycles. The van der Waals surface area contributed by atoms with Gasteiger partial charge in [0.2, 0.25) is 5.91 Å². The Morgan fingerprint density at radius 2 is 2.04 bits per heavy atom. The van der Waals surface area contributed by atoms with Crippen molar-refractivity contribution < 1.29 is 9.53 Å². The number of nitrogens with one attached hydrogen (secondary N) is 2. The number of benzene rings is 1. The molecule has 0 radical (unpaired) electrons. The zero-order valence-corrected chi connectivity index (χ0v) is 14.6.